The number of fused-ring (bicyclic) bond motifs is 1. The van der Waals surface area contributed by atoms with Gasteiger partial charge in [0.1, 0.15) is 18.8 Å². The van der Waals surface area contributed by atoms with Crippen molar-refractivity contribution in [2.75, 3.05) is 46.9 Å². The molecule has 10 nitrogen and oxygen atoms in total. The molecule has 2 rings (SSSR count). The van der Waals surface area contributed by atoms with E-state index in [-0.39, 0.29) is 29.6 Å². The fourth-order valence-corrected chi connectivity index (χ4v) is 2.49. The Balaban J connectivity index is 2.17. The summed E-state index contributed by atoms with van der Waals surface area (Å²) in [4.78, 5) is 12.2. The van der Waals surface area contributed by atoms with Crippen molar-refractivity contribution in [3.05, 3.63) is 6.33 Å². The number of ether oxygens (including phenoxy) is 5. The lowest BCUT2D eigenvalue weighted by Gasteiger charge is -2.24. The predicted octanol–water partition coefficient (Wildman–Crippen LogP) is 1.00. The third-order valence-electron chi connectivity index (χ3n) is 3.76. The van der Waals surface area contributed by atoms with Crippen LogP contribution in [0.25, 0.3) is 11.2 Å². The van der Waals surface area contributed by atoms with E-state index in [0.717, 1.165) is 0 Å². The smallest absolute Gasteiger partial charge is 0.473 e. The second-order valence-electron chi connectivity index (χ2n) is 5.60. The number of nitrogens with two attached hydrogens (primary N) is 1. The van der Waals surface area contributed by atoms with Gasteiger partial charge in [0.15, 0.2) is 11.2 Å². The fourth-order valence-electron chi connectivity index (χ4n) is 2.49. The van der Waals surface area contributed by atoms with Gasteiger partial charge in [-0.15, -0.1) is 13.2 Å². The van der Waals surface area contributed by atoms with Crippen molar-refractivity contribution < 1.29 is 36.9 Å². The van der Waals surface area contributed by atoms with E-state index in [1.54, 1.807) is 11.7 Å². The van der Waals surface area contributed by atoms with Crippen LogP contribution < -0.4 is 10.5 Å². The van der Waals surface area contributed by atoms with Crippen LogP contribution in [0, 0.1) is 0 Å². The number of hydrogen-bond acceptors (Lipinski definition) is 9. The number of anilines is 1. The Labute approximate surface area is 158 Å². The van der Waals surface area contributed by atoms with Gasteiger partial charge in [-0.2, -0.15) is 9.97 Å². The lowest BCUT2D eigenvalue weighted by atomic mass is 10.2. The van der Waals surface area contributed by atoms with E-state index >= 15 is 0 Å². The van der Waals surface area contributed by atoms with Gasteiger partial charge in [0.25, 0.3) is 0 Å². The molecule has 2 atom stereocenters. The van der Waals surface area contributed by atoms with E-state index in [2.05, 4.69) is 19.7 Å². The van der Waals surface area contributed by atoms with Crippen molar-refractivity contribution in [2.24, 2.45) is 0 Å². The van der Waals surface area contributed by atoms with Gasteiger partial charge in [-0.3, -0.25) is 4.74 Å². The summed E-state index contributed by atoms with van der Waals surface area (Å²) in [5, 5.41) is 0. The van der Waals surface area contributed by atoms with Gasteiger partial charge in [0.05, 0.1) is 26.1 Å². The molecule has 0 saturated heterocycles. The predicted molar refractivity (Wildman–Crippen MR) is 90.7 cm³/mol. The van der Waals surface area contributed by atoms with Crippen molar-refractivity contribution in [3.63, 3.8) is 0 Å². The third-order valence-corrected chi connectivity index (χ3v) is 3.76. The van der Waals surface area contributed by atoms with Crippen molar-refractivity contribution in [1.29, 1.82) is 0 Å². The van der Waals surface area contributed by atoms with Crippen LogP contribution in [0.15, 0.2) is 6.33 Å². The molecule has 2 aromatic rings. The quantitative estimate of drug-likeness (QED) is 0.543. The first-order chi connectivity index (χ1) is 13.3. The third kappa shape index (κ3) is 5.89. The maximum atomic E-state index is 12.0. The van der Waals surface area contributed by atoms with E-state index in [9.17, 15) is 13.2 Å². The molecule has 0 bridgehead atoms. The second kappa shape index (κ2) is 9.82. The minimum atomic E-state index is -4.74. The van der Waals surface area contributed by atoms with Crippen LogP contribution in [0.4, 0.5) is 19.1 Å². The molecule has 0 radical (unpaired) electrons. The molecule has 13 heteroatoms. The Bertz CT molecular complexity index is 757. The Morgan fingerprint density at radius 3 is 2.43 bits per heavy atom. The number of methoxy groups -OCH3 is 3. The maximum absolute atomic E-state index is 12.0. The highest BCUT2D eigenvalue weighted by molar-refractivity contribution is 5.77. The Hall–Kier alpha value is -2.22. The molecule has 0 spiro atoms. The number of imidazole rings is 1. The first-order valence-electron chi connectivity index (χ1n) is 8.15. The fraction of sp³-hybridized carbons (Fsp3) is 0.667. The molecule has 158 valence electrons. The summed E-state index contributed by atoms with van der Waals surface area (Å²) in [6, 6.07) is 0. The standard InChI is InChI=1S/C15H22F3N5O5/c1-24-7-10(26-3)9(25-2)6-23-8-20-11-12(23)21-14(19)22-13(11)27-4-5-28-15(16,17)18/h8-10H,4-7H2,1-3H3,(H2,19,21,22). The topological polar surface area (TPSA) is 116 Å². The number of rotatable bonds is 11. The molecule has 0 aromatic carbocycles. The van der Waals surface area contributed by atoms with E-state index in [1.807, 2.05) is 0 Å². The maximum Gasteiger partial charge on any atom is 0.522 e. The number of nitrogen functional groups attached to an aromatic ring is 1. The average molecular weight is 409 g/mol. The van der Waals surface area contributed by atoms with Crippen LogP contribution >= 0.6 is 0 Å². The van der Waals surface area contributed by atoms with E-state index in [4.69, 9.17) is 24.7 Å². The number of hydrogen-bond donors (Lipinski definition) is 1. The number of aromatic nitrogens is 4. The molecule has 0 saturated carbocycles. The van der Waals surface area contributed by atoms with Crippen LogP contribution in [-0.2, 0) is 25.5 Å². The average Bonchev–Trinajstić information content (AvgIpc) is 3.03. The van der Waals surface area contributed by atoms with Crippen LogP contribution in [0.5, 0.6) is 5.88 Å². The molecule has 0 aliphatic rings. The summed E-state index contributed by atoms with van der Waals surface area (Å²) in [5.41, 5.74) is 6.28. The molecule has 0 aliphatic heterocycles. The van der Waals surface area contributed by atoms with Crippen LogP contribution in [0.2, 0.25) is 0 Å². The molecular formula is C15H22F3N5O5. The van der Waals surface area contributed by atoms with Gasteiger partial charge >= 0.3 is 6.36 Å². The lowest BCUT2D eigenvalue weighted by Crippen LogP contribution is -2.37. The van der Waals surface area contributed by atoms with Gasteiger partial charge in [-0.25, -0.2) is 4.98 Å². The van der Waals surface area contributed by atoms with Crippen LogP contribution in [-0.4, -0.2) is 79.2 Å². The molecule has 2 heterocycles. The van der Waals surface area contributed by atoms with Crippen LogP contribution in [0.1, 0.15) is 0 Å². The zero-order chi connectivity index (χ0) is 20.7. The molecule has 0 aliphatic carbocycles. The molecule has 0 amide bonds. The first-order valence-corrected chi connectivity index (χ1v) is 8.15. The normalized spacial score (nSPS) is 14.4. The van der Waals surface area contributed by atoms with Gasteiger partial charge in [-0.05, 0) is 0 Å². The van der Waals surface area contributed by atoms with Gasteiger partial charge in [-0.1, -0.05) is 0 Å². The summed E-state index contributed by atoms with van der Waals surface area (Å²) in [6.45, 7) is -0.472. The Morgan fingerprint density at radius 1 is 1.11 bits per heavy atom. The number of halogens is 3. The summed E-state index contributed by atoms with van der Waals surface area (Å²) < 4.78 is 62.6. The molecule has 2 aromatic heterocycles. The highest BCUT2D eigenvalue weighted by Crippen LogP contribution is 2.23. The van der Waals surface area contributed by atoms with E-state index in [1.165, 1.54) is 20.5 Å². The zero-order valence-electron chi connectivity index (χ0n) is 15.6. The first kappa shape index (κ1) is 22.1. The van der Waals surface area contributed by atoms with Gasteiger partial charge < -0.3 is 29.2 Å². The van der Waals surface area contributed by atoms with Crippen molar-refractivity contribution in [1.82, 2.24) is 19.5 Å². The van der Waals surface area contributed by atoms with Crippen molar-refractivity contribution in [3.8, 4) is 5.88 Å². The largest absolute Gasteiger partial charge is 0.522 e. The monoisotopic (exact) mass is 409 g/mol. The number of nitrogens with zero attached hydrogens (tertiary/aromatic N) is 4. The molecule has 2 N–H and O–H groups in total. The van der Waals surface area contributed by atoms with Gasteiger partial charge in [0.2, 0.25) is 11.8 Å². The van der Waals surface area contributed by atoms with Crippen LogP contribution in [0.3, 0.4) is 0 Å². The highest BCUT2D eigenvalue weighted by atomic mass is 19.4. The lowest BCUT2D eigenvalue weighted by molar-refractivity contribution is -0.325. The minimum absolute atomic E-state index is 0.0406. The zero-order valence-corrected chi connectivity index (χ0v) is 15.6. The van der Waals surface area contributed by atoms with E-state index < -0.39 is 19.6 Å². The molecule has 0 fully saturated rings. The summed E-state index contributed by atoms with van der Waals surface area (Å²) >= 11 is 0. The Kier molecular flexibility index (Phi) is 7.74. The SMILES string of the molecule is COCC(OC)C(Cn1cnc2c(OCCOC(F)(F)F)nc(N)nc21)OC. The van der Waals surface area contributed by atoms with Crippen molar-refractivity contribution >= 4 is 17.1 Å². The van der Waals surface area contributed by atoms with Gasteiger partial charge in [0, 0.05) is 21.3 Å². The molecule has 2 unspecified atom stereocenters. The summed E-state index contributed by atoms with van der Waals surface area (Å²) in [5.74, 6) is -0.156. The second-order valence-corrected chi connectivity index (χ2v) is 5.60. The molecule has 28 heavy (non-hydrogen) atoms. The summed E-state index contributed by atoms with van der Waals surface area (Å²) in [6.07, 6.45) is -3.99. The minimum Gasteiger partial charge on any atom is -0.473 e. The Morgan fingerprint density at radius 2 is 1.82 bits per heavy atom. The highest BCUT2D eigenvalue weighted by Gasteiger charge is 2.29. The van der Waals surface area contributed by atoms with Crippen molar-refractivity contribution in [2.45, 2.75) is 25.1 Å². The summed E-state index contributed by atoms with van der Waals surface area (Å²) in [7, 11) is 4.62. The molecular weight excluding hydrogens is 387 g/mol. The van der Waals surface area contributed by atoms with E-state index in [0.29, 0.717) is 18.8 Å². The number of alkyl halides is 3.